The topological polar surface area (TPSA) is 52.6 Å². The summed E-state index contributed by atoms with van der Waals surface area (Å²) in [5, 5.41) is 12.1. The van der Waals surface area contributed by atoms with Crippen LogP contribution in [0, 0.1) is 0 Å². The molecule has 1 rings (SSSR count). The first-order valence-corrected chi connectivity index (χ1v) is 5.81. The van der Waals surface area contributed by atoms with Crippen LogP contribution in [0.3, 0.4) is 0 Å². The van der Waals surface area contributed by atoms with Gasteiger partial charge in [0.15, 0.2) is 0 Å². The van der Waals surface area contributed by atoms with E-state index in [2.05, 4.69) is 10.2 Å². The van der Waals surface area contributed by atoms with Crippen LogP contribution in [0.15, 0.2) is 0 Å². The molecule has 1 saturated heterocycles. The molecule has 15 heavy (non-hydrogen) atoms. The Morgan fingerprint density at radius 3 is 2.47 bits per heavy atom. The minimum Gasteiger partial charge on any atom is -0.480 e. The summed E-state index contributed by atoms with van der Waals surface area (Å²) in [5.74, 6) is -0.733. The SMILES string of the molecule is CC(C)NC(CCN1CCCC1)C(=O)O. The summed E-state index contributed by atoms with van der Waals surface area (Å²) in [5.41, 5.74) is 0. The Bertz CT molecular complexity index is 201. The van der Waals surface area contributed by atoms with Crippen LogP contribution in [0.2, 0.25) is 0 Å². The highest BCUT2D eigenvalue weighted by Gasteiger charge is 2.20. The zero-order chi connectivity index (χ0) is 11.3. The van der Waals surface area contributed by atoms with Crippen LogP contribution in [-0.2, 0) is 4.79 Å². The maximum atomic E-state index is 11.0. The van der Waals surface area contributed by atoms with Crippen LogP contribution in [0.5, 0.6) is 0 Å². The van der Waals surface area contributed by atoms with E-state index in [1.807, 2.05) is 13.8 Å². The number of carboxylic acid groups (broad SMARTS) is 1. The van der Waals surface area contributed by atoms with Gasteiger partial charge in [-0.25, -0.2) is 0 Å². The van der Waals surface area contributed by atoms with Crippen LogP contribution >= 0.6 is 0 Å². The molecule has 88 valence electrons. The van der Waals surface area contributed by atoms with Crippen LogP contribution in [-0.4, -0.2) is 47.7 Å². The van der Waals surface area contributed by atoms with E-state index in [4.69, 9.17) is 5.11 Å². The Morgan fingerprint density at radius 1 is 1.40 bits per heavy atom. The molecule has 1 atom stereocenters. The van der Waals surface area contributed by atoms with E-state index in [0.717, 1.165) is 19.6 Å². The van der Waals surface area contributed by atoms with Crippen LogP contribution in [0.1, 0.15) is 33.1 Å². The number of likely N-dealkylation sites (tertiary alicyclic amines) is 1. The molecule has 0 saturated carbocycles. The number of hydrogen-bond donors (Lipinski definition) is 2. The summed E-state index contributed by atoms with van der Waals surface area (Å²) < 4.78 is 0. The van der Waals surface area contributed by atoms with Gasteiger partial charge in [0.05, 0.1) is 0 Å². The van der Waals surface area contributed by atoms with E-state index in [1.54, 1.807) is 0 Å². The Balaban J connectivity index is 2.27. The highest BCUT2D eigenvalue weighted by atomic mass is 16.4. The molecule has 0 spiro atoms. The number of rotatable bonds is 6. The summed E-state index contributed by atoms with van der Waals surface area (Å²) in [4.78, 5) is 13.3. The maximum Gasteiger partial charge on any atom is 0.320 e. The highest BCUT2D eigenvalue weighted by Crippen LogP contribution is 2.08. The molecule has 0 aliphatic carbocycles. The largest absolute Gasteiger partial charge is 0.480 e. The fourth-order valence-corrected chi connectivity index (χ4v) is 2.00. The van der Waals surface area contributed by atoms with Crippen molar-refractivity contribution in [2.75, 3.05) is 19.6 Å². The molecule has 1 heterocycles. The fourth-order valence-electron chi connectivity index (χ4n) is 2.00. The van der Waals surface area contributed by atoms with Crippen LogP contribution in [0.25, 0.3) is 0 Å². The van der Waals surface area contributed by atoms with Crippen molar-refractivity contribution in [3.05, 3.63) is 0 Å². The van der Waals surface area contributed by atoms with Gasteiger partial charge in [0.25, 0.3) is 0 Å². The minimum atomic E-state index is -0.733. The lowest BCUT2D eigenvalue weighted by molar-refractivity contribution is -0.139. The predicted octanol–water partition coefficient (Wildman–Crippen LogP) is 0.923. The summed E-state index contributed by atoms with van der Waals surface area (Å²) in [7, 11) is 0. The van der Waals surface area contributed by atoms with Gasteiger partial charge in [-0.05, 0) is 32.4 Å². The minimum absolute atomic E-state index is 0.227. The van der Waals surface area contributed by atoms with Gasteiger partial charge in [-0.3, -0.25) is 4.79 Å². The van der Waals surface area contributed by atoms with Crippen LogP contribution < -0.4 is 5.32 Å². The van der Waals surface area contributed by atoms with E-state index in [-0.39, 0.29) is 6.04 Å². The third-order valence-corrected chi connectivity index (χ3v) is 2.77. The van der Waals surface area contributed by atoms with Crippen molar-refractivity contribution < 1.29 is 9.90 Å². The lowest BCUT2D eigenvalue weighted by Crippen LogP contribution is -2.42. The van der Waals surface area contributed by atoms with E-state index in [1.165, 1.54) is 12.8 Å². The second-order valence-corrected chi connectivity index (χ2v) is 4.55. The number of carbonyl (C=O) groups is 1. The monoisotopic (exact) mass is 214 g/mol. The molecule has 1 fully saturated rings. The quantitative estimate of drug-likeness (QED) is 0.690. The summed E-state index contributed by atoms with van der Waals surface area (Å²) in [6.07, 6.45) is 3.22. The van der Waals surface area contributed by atoms with Crippen molar-refractivity contribution in [1.82, 2.24) is 10.2 Å². The molecular formula is C11H22N2O2. The van der Waals surface area contributed by atoms with Gasteiger partial charge in [0, 0.05) is 12.6 Å². The molecular weight excluding hydrogens is 192 g/mol. The molecule has 0 aromatic heterocycles. The summed E-state index contributed by atoms with van der Waals surface area (Å²) in [6.45, 7) is 7.12. The van der Waals surface area contributed by atoms with Gasteiger partial charge in [0.2, 0.25) is 0 Å². The molecule has 0 bridgehead atoms. The van der Waals surface area contributed by atoms with Crippen molar-refractivity contribution in [1.29, 1.82) is 0 Å². The van der Waals surface area contributed by atoms with Crippen molar-refractivity contribution in [2.45, 2.75) is 45.2 Å². The van der Waals surface area contributed by atoms with Gasteiger partial charge in [0.1, 0.15) is 6.04 Å². The summed E-state index contributed by atoms with van der Waals surface area (Å²) >= 11 is 0. The van der Waals surface area contributed by atoms with E-state index in [9.17, 15) is 4.79 Å². The molecule has 1 unspecified atom stereocenters. The molecule has 4 nitrogen and oxygen atoms in total. The lowest BCUT2D eigenvalue weighted by atomic mass is 10.2. The van der Waals surface area contributed by atoms with E-state index < -0.39 is 12.0 Å². The van der Waals surface area contributed by atoms with E-state index in [0.29, 0.717) is 6.42 Å². The third-order valence-electron chi connectivity index (χ3n) is 2.77. The van der Waals surface area contributed by atoms with Crippen molar-refractivity contribution in [2.24, 2.45) is 0 Å². The van der Waals surface area contributed by atoms with Gasteiger partial charge < -0.3 is 15.3 Å². The summed E-state index contributed by atoms with van der Waals surface area (Å²) in [6, 6.07) is -0.171. The van der Waals surface area contributed by atoms with E-state index >= 15 is 0 Å². The Morgan fingerprint density at radius 2 is 2.00 bits per heavy atom. The number of carboxylic acids is 1. The third kappa shape index (κ3) is 4.62. The number of aliphatic carboxylic acids is 1. The molecule has 0 radical (unpaired) electrons. The zero-order valence-electron chi connectivity index (χ0n) is 9.70. The zero-order valence-corrected chi connectivity index (χ0v) is 9.70. The molecule has 0 amide bonds. The maximum absolute atomic E-state index is 11.0. The first kappa shape index (κ1) is 12.5. The Labute approximate surface area is 91.6 Å². The Kier molecular flexibility index (Phi) is 5.05. The van der Waals surface area contributed by atoms with Crippen molar-refractivity contribution in [3.63, 3.8) is 0 Å². The lowest BCUT2D eigenvalue weighted by Gasteiger charge is -2.20. The number of nitrogens with zero attached hydrogens (tertiary/aromatic N) is 1. The predicted molar refractivity (Wildman–Crippen MR) is 60.0 cm³/mol. The molecule has 2 N–H and O–H groups in total. The van der Waals surface area contributed by atoms with Crippen LogP contribution in [0.4, 0.5) is 0 Å². The van der Waals surface area contributed by atoms with Crippen molar-refractivity contribution in [3.8, 4) is 0 Å². The average molecular weight is 214 g/mol. The number of hydrogen-bond acceptors (Lipinski definition) is 3. The molecule has 0 aromatic carbocycles. The van der Waals surface area contributed by atoms with Crippen molar-refractivity contribution >= 4 is 5.97 Å². The first-order chi connectivity index (χ1) is 7.09. The van der Waals surface area contributed by atoms with Gasteiger partial charge >= 0.3 is 5.97 Å². The second-order valence-electron chi connectivity index (χ2n) is 4.55. The van der Waals surface area contributed by atoms with Gasteiger partial charge in [-0.1, -0.05) is 13.8 Å². The standard InChI is InChI=1S/C11H22N2O2/c1-9(2)12-10(11(14)15)5-8-13-6-3-4-7-13/h9-10,12H,3-8H2,1-2H3,(H,14,15). The van der Waals surface area contributed by atoms with Gasteiger partial charge in [-0.15, -0.1) is 0 Å². The van der Waals surface area contributed by atoms with Gasteiger partial charge in [-0.2, -0.15) is 0 Å². The highest BCUT2D eigenvalue weighted by molar-refractivity contribution is 5.73. The normalized spacial score (nSPS) is 19.7. The second kappa shape index (κ2) is 6.08. The smallest absolute Gasteiger partial charge is 0.320 e. The molecule has 4 heteroatoms. The number of nitrogens with one attached hydrogen (secondary N) is 1. The average Bonchev–Trinajstić information content (AvgIpc) is 2.63. The molecule has 1 aliphatic rings. The first-order valence-electron chi connectivity index (χ1n) is 5.81. The fraction of sp³-hybridized carbons (Fsp3) is 0.909. The molecule has 0 aromatic rings. The Hall–Kier alpha value is -0.610. The molecule has 1 aliphatic heterocycles.